The summed E-state index contributed by atoms with van der Waals surface area (Å²) < 4.78 is 5.52. The summed E-state index contributed by atoms with van der Waals surface area (Å²) in [5, 5.41) is 16.0. The van der Waals surface area contributed by atoms with Gasteiger partial charge in [0.1, 0.15) is 5.75 Å². The lowest BCUT2D eigenvalue weighted by molar-refractivity contribution is -0.133. The summed E-state index contributed by atoms with van der Waals surface area (Å²) in [6.07, 6.45) is 5.79. The second-order valence-electron chi connectivity index (χ2n) is 7.62. The van der Waals surface area contributed by atoms with Crippen LogP contribution < -0.4 is 15.5 Å². The highest BCUT2D eigenvalue weighted by Crippen LogP contribution is 2.35. The van der Waals surface area contributed by atoms with Gasteiger partial charge in [-0.05, 0) is 37.1 Å². The van der Waals surface area contributed by atoms with Crippen LogP contribution in [0.25, 0.3) is 0 Å². The van der Waals surface area contributed by atoms with Gasteiger partial charge >= 0.3 is 0 Å². The average molecular weight is 424 g/mol. The molecule has 0 bridgehead atoms. The van der Waals surface area contributed by atoms with E-state index in [9.17, 15) is 9.59 Å². The first-order chi connectivity index (χ1) is 15.1. The Morgan fingerprint density at radius 3 is 2.74 bits per heavy atom. The monoisotopic (exact) mass is 424 g/mol. The molecule has 162 valence electrons. The van der Waals surface area contributed by atoms with Crippen molar-refractivity contribution >= 4 is 17.5 Å². The number of carbonyl (C=O) groups excluding carboxylic acids is 2. The van der Waals surface area contributed by atoms with Crippen LogP contribution in [0.3, 0.4) is 0 Å². The van der Waals surface area contributed by atoms with E-state index in [2.05, 4.69) is 15.5 Å². The van der Waals surface area contributed by atoms with Crippen LogP contribution in [-0.2, 0) is 9.63 Å². The van der Waals surface area contributed by atoms with Gasteiger partial charge in [0.05, 0.1) is 18.7 Å². The van der Waals surface area contributed by atoms with Crippen LogP contribution in [0.2, 0.25) is 0 Å². The van der Waals surface area contributed by atoms with Crippen LogP contribution in [0.15, 0.2) is 47.9 Å². The van der Waals surface area contributed by atoms with Gasteiger partial charge in [0, 0.05) is 41.5 Å². The van der Waals surface area contributed by atoms with Gasteiger partial charge < -0.3 is 14.9 Å². The molecule has 1 aromatic heterocycles. The summed E-state index contributed by atoms with van der Waals surface area (Å²) in [5.74, 6) is -0.682. The maximum atomic E-state index is 12.8. The van der Waals surface area contributed by atoms with Crippen molar-refractivity contribution in [2.24, 2.45) is 11.1 Å². The first-order valence-electron chi connectivity index (χ1n) is 10.2. The highest BCUT2D eigenvalue weighted by Gasteiger charge is 2.34. The van der Waals surface area contributed by atoms with Crippen LogP contribution >= 0.6 is 0 Å². The minimum atomic E-state index is -0.473. The Balaban J connectivity index is 1.46. The number of nitrogens with zero attached hydrogens (tertiary/aromatic N) is 2. The Morgan fingerprint density at radius 2 is 2.00 bits per heavy atom. The molecule has 1 aliphatic heterocycles. The summed E-state index contributed by atoms with van der Waals surface area (Å²) in [4.78, 5) is 34.2. The number of benzene rings is 1. The minimum absolute atomic E-state index is 0.298. The molecule has 1 aromatic carbocycles. The van der Waals surface area contributed by atoms with E-state index in [1.165, 1.54) is 0 Å². The molecular formula is C22H24N4O5. The number of carbonyl (C=O) groups is 2. The Hall–Kier alpha value is -3.46. The third-order valence-electron chi connectivity index (χ3n) is 5.80. The van der Waals surface area contributed by atoms with Gasteiger partial charge in [0.2, 0.25) is 5.91 Å². The molecule has 3 atom stereocenters. The number of rotatable bonds is 6. The number of ether oxygens (including phenoxy) is 1. The third-order valence-corrected chi connectivity index (χ3v) is 5.80. The molecule has 31 heavy (non-hydrogen) atoms. The Bertz CT molecular complexity index is 995. The molecule has 0 saturated heterocycles. The molecular weight excluding hydrogens is 400 g/mol. The van der Waals surface area contributed by atoms with Crippen molar-refractivity contribution in [3.8, 4) is 5.75 Å². The van der Waals surface area contributed by atoms with Gasteiger partial charge in [-0.2, -0.15) is 0 Å². The number of oxime groups is 1. The van der Waals surface area contributed by atoms with Crippen molar-refractivity contribution in [1.29, 1.82) is 0 Å². The lowest BCUT2D eigenvalue weighted by Crippen LogP contribution is -2.43. The van der Waals surface area contributed by atoms with E-state index in [1.807, 2.05) is 12.1 Å². The number of hydrogen-bond donors (Lipinski definition) is 3. The van der Waals surface area contributed by atoms with Crippen LogP contribution in [0, 0.1) is 5.92 Å². The number of amides is 2. The second-order valence-corrected chi connectivity index (χ2v) is 7.62. The Kier molecular flexibility index (Phi) is 6.13. The third kappa shape index (κ3) is 4.36. The van der Waals surface area contributed by atoms with E-state index in [4.69, 9.17) is 14.8 Å². The predicted octanol–water partition coefficient (Wildman–Crippen LogP) is 2.36. The molecule has 2 amide bonds. The van der Waals surface area contributed by atoms with Crippen molar-refractivity contribution in [1.82, 2.24) is 15.8 Å². The summed E-state index contributed by atoms with van der Waals surface area (Å²) >= 11 is 0. The number of nitrogens with one attached hydrogen (secondary N) is 2. The molecule has 9 heteroatoms. The zero-order valence-electron chi connectivity index (χ0n) is 17.1. The fourth-order valence-corrected chi connectivity index (χ4v) is 4.16. The van der Waals surface area contributed by atoms with Gasteiger partial charge in [-0.3, -0.25) is 19.8 Å². The van der Waals surface area contributed by atoms with Crippen molar-refractivity contribution in [3.05, 3.63) is 59.4 Å². The minimum Gasteiger partial charge on any atom is -0.496 e. The molecule has 2 heterocycles. The van der Waals surface area contributed by atoms with Crippen molar-refractivity contribution in [3.63, 3.8) is 0 Å². The Morgan fingerprint density at radius 1 is 1.19 bits per heavy atom. The topological polar surface area (TPSA) is 122 Å². The van der Waals surface area contributed by atoms with Gasteiger partial charge in [0.15, 0.2) is 6.10 Å². The molecule has 1 saturated carbocycles. The standard InChI is InChI=1S/C22H24N4O5/c1-30-19-11-14(21(27)24-17-4-2-3-15(17)22(28)25-29)5-6-16(19)20-12-18(26-31-20)13-7-9-23-10-8-13/h5-11,15,17,20,29H,2-4,12H2,1H3,(H,24,27)(H,25,28)/t15-,17+,20?/m0/s1. The quantitative estimate of drug-likeness (QED) is 0.483. The average Bonchev–Trinajstić information content (AvgIpc) is 3.48. The molecule has 1 unspecified atom stereocenters. The molecule has 2 aromatic rings. The zero-order chi connectivity index (χ0) is 21.8. The molecule has 1 aliphatic carbocycles. The van der Waals surface area contributed by atoms with Crippen LogP contribution in [0.4, 0.5) is 0 Å². The van der Waals surface area contributed by atoms with Crippen molar-refractivity contribution in [2.75, 3.05) is 7.11 Å². The van der Waals surface area contributed by atoms with Gasteiger partial charge in [0.25, 0.3) is 5.91 Å². The van der Waals surface area contributed by atoms with Crippen LogP contribution in [-0.4, -0.2) is 40.9 Å². The van der Waals surface area contributed by atoms with E-state index in [-0.39, 0.29) is 18.1 Å². The number of hydroxylamine groups is 1. The SMILES string of the molecule is COc1cc(C(=O)N[C@@H]2CCC[C@@H]2C(=O)NO)ccc1C1CC(c2ccncc2)=NO1. The maximum absolute atomic E-state index is 12.8. The van der Waals surface area contributed by atoms with E-state index >= 15 is 0 Å². The summed E-state index contributed by atoms with van der Waals surface area (Å²) in [6.45, 7) is 0. The molecule has 0 spiro atoms. The summed E-state index contributed by atoms with van der Waals surface area (Å²) in [7, 11) is 1.54. The summed E-state index contributed by atoms with van der Waals surface area (Å²) in [5.41, 5.74) is 4.67. The lowest BCUT2D eigenvalue weighted by Gasteiger charge is -2.20. The second kappa shape index (κ2) is 9.13. The van der Waals surface area contributed by atoms with E-state index in [0.717, 1.165) is 23.3 Å². The predicted molar refractivity (Wildman–Crippen MR) is 111 cm³/mol. The fourth-order valence-electron chi connectivity index (χ4n) is 4.16. The molecule has 2 aliphatic rings. The van der Waals surface area contributed by atoms with Crippen molar-refractivity contribution < 1.29 is 24.4 Å². The van der Waals surface area contributed by atoms with Crippen LogP contribution in [0.1, 0.15) is 53.3 Å². The molecule has 4 rings (SSSR count). The Labute approximate surface area is 179 Å². The van der Waals surface area contributed by atoms with E-state index < -0.39 is 11.8 Å². The number of pyridine rings is 1. The highest BCUT2D eigenvalue weighted by molar-refractivity contribution is 6.01. The number of methoxy groups -OCH3 is 1. The normalized spacial score (nSPS) is 22.4. The number of hydrogen-bond acceptors (Lipinski definition) is 7. The van der Waals surface area contributed by atoms with Gasteiger partial charge in [-0.25, -0.2) is 5.48 Å². The highest BCUT2D eigenvalue weighted by atomic mass is 16.6. The van der Waals surface area contributed by atoms with Gasteiger partial charge in [-0.15, -0.1) is 0 Å². The molecule has 0 radical (unpaired) electrons. The van der Waals surface area contributed by atoms with E-state index in [0.29, 0.717) is 30.6 Å². The van der Waals surface area contributed by atoms with Gasteiger partial charge in [-0.1, -0.05) is 17.6 Å². The molecule has 3 N–H and O–H groups in total. The largest absolute Gasteiger partial charge is 0.496 e. The fraction of sp³-hybridized carbons (Fsp3) is 0.364. The summed E-state index contributed by atoms with van der Waals surface area (Å²) in [6, 6.07) is 8.60. The molecule has 1 fully saturated rings. The first-order valence-corrected chi connectivity index (χ1v) is 10.2. The molecule has 9 nitrogen and oxygen atoms in total. The smallest absolute Gasteiger partial charge is 0.251 e. The van der Waals surface area contributed by atoms with Crippen LogP contribution in [0.5, 0.6) is 5.75 Å². The maximum Gasteiger partial charge on any atom is 0.251 e. The first kappa shape index (κ1) is 20.8. The van der Waals surface area contributed by atoms with Crippen molar-refractivity contribution in [2.45, 2.75) is 37.8 Å². The number of aromatic nitrogens is 1. The zero-order valence-corrected chi connectivity index (χ0v) is 17.1. The lowest BCUT2D eigenvalue weighted by atomic mass is 9.98. The van der Waals surface area contributed by atoms with E-state index in [1.54, 1.807) is 43.2 Å².